The van der Waals surface area contributed by atoms with Gasteiger partial charge in [-0.2, -0.15) is 0 Å². The lowest BCUT2D eigenvalue weighted by Gasteiger charge is -2.38. The third-order valence-corrected chi connectivity index (χ3v) is 7.30. The SMILES string of the molecule is COc1cc2c3cc1OCC(=O)NCCCOc1cccc(c1)C2N(C(=O)c1ccc2c(c1)CCO2)CC3. The molecule has 0 aliphatic carbocycles. The molecule has 3 aromatic carbocycles. The largest absolute Gasteiger partial charge is 0.494 e. The first-order valence-electron chi connectivity index (χ1n) is 13.0. The summed E-state index contributed by atoms with van der Waals surface area (Å²) in [4.78, 5) is 28.2. The first-order chi connectivity index (χ1) is 18.6. The van der Waals surface area contributed by atoms with E-state index in [4.69, 9.17) is 18.9 Å². The quantitative estimate of drug-likeness (QED) is 0.562. The van der Waals surface area contributed by atoms with Crippen molar-refractivity contribution < 1.29 is 28.5 Å². The van der Waals surface area contributed by atoms with Crippen LogP contribution in [0.5, 0.6) is 23.0 Å². The highest BCUT2D eigenvalue weighted by Gasteiger charge is 2.34. The molecule has 4 aliphatic rings. The highest BCUT2D eigenvalue weighted by atomic mass is 16.5. The van der Waals surface area contributed by atoms with Crippen LogP contribution >= 0.6 is 0 Å². The Balaban J connectivity index is 1.45. The molecule has 0 radical (unpaired) electrons. The van der Waals surface area contributed by atoms with Crippen LogP contribution in [0, 0.1) is 0 Å². The van der Waals surface area contributed by atoms with Crippen molar-refractivity contribution in [2.24, 2.45) is 0 Å². The lowest BCUT2D eigenvalue weighted by molar-refractivity contribution is -0.123. The predicted octanol–water partition coefficient (Wildman–Crippen LogP) is 3.70. The molecular formula is C30H30N2O6. The number of carbonyl (C=O) groups excluding carboxylic acids is 2. The summed E-state index contributed by atoms with van der Waals surface area (Å²) in [5.74, 6) is 2.38. The van der Waals surface area contributed by atoms with Gasteiger partial charge in [-0.3, -0.25) is 9.59 Å². The van der Waals surface area contributed by atoms with E-state index in [1.165, 1.54) is 0 Å². The number of benzene rings is 3. The normalized spacial score (nSPS) is 18.5. The van der Waals surface area contributed by atoms with Gasteiger partial charge in [-0.05, 0) is 77.6 Å². The van der Waals surface area contributed by atoms with Crippen LogP contribution in [0.4, 0.5) is 0 Å². The number of hydrogen-bond donors (Lipinski definition) is 1. The number of hydrogen-bond acceptors (Lipinski definition) is 6. The Bertz CT molecular complexity index is 1390. The Labute approximate surface area is 221 Å². The molecule has 7 rings (SSSR count). The van der Waals surface area contributed by atoms with Gasteiger partial charge in [0.25, 0.3) is 11.8 Å². The first kappa shape index (κ1) is 24.2. The molecule has 1 N–H and O–H groups in total. The fourth-order valence-corrected chi connectivity index (χ4v) is 5.42. The summed E-state index contributed by atoms with van der Waals surface area (Å²) < 4.78 is 23.2. The zero-order valence-electron chi connectivity index (χ0n) is 21.3. The molecule has 4 aliphatic heterocycles. The summed E-state index contributed by atoms with van der Waals surface area (Å²) in [6.45, 7) is 2.01. The van der Waals surface area contributed by atoms with Gasteiger partial charge in [0.05, 0.1) is 26.4 Å². The molecular weight excluding hydrogens is 484 g/mol. The van der Waals surface area contributed by atoms with E-state index in [-0.39, 0.29) is 24.5 Å². The summed E-state index contributed by atoms with van der Waals surface area (Å²) in [6.07, 6.45) is 2.11. The average molecular weight is 515 g/mol. The van der Waals surface area contributed by atoms with E-state index in [1.807, 2.05) is 59.5 Å². The highest BCUT2D eigenvalue weighted by Crippen LogP contribution is 2.42. The maximum absolute atomic E-state index is 14.0. The lowest BCUT2D eigenvalue weighted by Crippen LogP contribution is -2.40. The van der Waals surface area contributed by atoms with Crippen LogP contribution in [-0.2, 0) is 17.6 Å². The second-order valence-corrected chi connectivity index (χ2v) is 9.69. The fraction of sp³-hybridized carbons (Fsp3) is 0.333. The van der Waals surface area contributed by atoms with Crippen molar-refractivity contribution in [3.8, 4) is 23.0 Å². The van der Waals surface area contributed by atoms with Crippen molar-refractivity contribution >= 4 is 11.8 Å². The Morgan fingerprint density at radius 2 is 1.89 bits per heavy atom. The van der Waals surface area contributed by atoms with Gasteiger partial charge >= 0.3 is 0 Å². The monoisotopic (exact) mass is 514 g/mol. The smallest absolute Gasteiger partial charge is 0.257 e. The maximum Gasteiger partial charge on any atom is 0.257 e. The predicted molar refractivity (Wildman–Crippen MR) is 140 cm³/mol. The molecule has 1 atom stereocenters. The second-order valence-electron chi connectivity index (χ2n) is 9.69. The minimum atomic E-state index is -0.349. The van der Waals surface area contributed by atoms with Crippen LogP contribution in [-0.4, -0.2) is 56.7 Å². The summed E-state index contributed by atoms with van der Waals surface area (Å²) >= 11 is 0. The number of fused-ring (bicyclic) bond motifs is 9. The van der Waals surface area contributed by atoms with Crippen molar-refractivity contribution in [1.29, 1.82) is 0 Å². The number of rotatable bonds is 2. The van der Waals surface area contributed by atoms with Crippen molar-refractivity contribution in [3.63, 3.8) is 0 Å². The zero-order chi connectivity index (χ0) is 26.1. The average Bonchev–Trinajstić information content (AvgIpc) is 3.42. The summed E-state index contributed by atoms with van der Waals surface area (Å²) in [5, 5.41) is 2.86. The molecule has 0 spiro atoms. The number of nitrogens with zero attached hydrogens (tertiary/aromatic N) is 1. The molecule has 8 nitrogen and oxygen atoms in total. The summed E-state index contributed by atoms with van der Waals surface area (Å²) in [7, 11) is 1.58. The van der Waals surface area contributed by atoms with E-state index in [2.05, 4.69) is 5.32 Å². The van der Waals surface area contributed by atoms with E-state index >= 15 is 0 Å². The number of carbonyl (C=O) groups is 2. The number of nitrogens with one attached hydrogen (secondary N) is 1. The van der Waals surface area contributed by atoms with Gasteiger partial charge < -0.3 is 29.2 Å². The Morgan fingerprint density at radius 3 is 2.79 bits per heavy atom. The summed E-state index contributed by atoms with van der Waals surface area (Å²) in [6, 6.07) is 17.1. The second kappa shape index (κ2) is 10.3. The van der Waals surface area contributed by atoms with Crippen LogP contribution in [0.3, 0.4) is 0 Å². The number of ether oxygens (including phenoxy) is 4. The molecule has 3 aromatic rings. The molecule has 6 bridgehead atoms. The van der Waals surface area contributed by atoms with Gasteiger partial charge in [-0.1, -0.05) is 12.1 Å². The molecule has 0 fully saturated rings. The van der Waals surface area contributed by atoms with Crippen molar-refractivity contribution in [1.82, 2.24) is 10.2 Å². The molecule has 38 heavy (non-hydrogen) atoms. The third-order valence-electron chi connectivity index (χ3n) is 7.30. The summed E-state index contributed by atoms with van der Waals surface area (Å²) in [5.41, 5.74) is 4.68. The lowest BCUT2D eigenvalue weighted by atomic mass is 9.87. The van der Waals surface area contributed by atoms with E-state index in [9.17, 15) is 9.59 Å². The van der Waals surface area contributed by atoms with Gasteiger partial charge in [0, 0.05) is 25.1 Å². The molecule has 0 aromatic heterocycles. The highest BCUT2D eigenvalue weighted by molar-refractivity contribution is 5.95. The minimum absolute atomic E-state index is 0.0351. The van der Waals surface area contributed by atoms with Gasteiger partial charge in [-0.15, -0.1) is 0 Å². The minimum Gasteiger partial charge on any atom is -0.494 e. The number of amides is 2. The van der Waals surface area contributed by atoms with Gasteiger partial charge in [0.2, 0.25) is 0 Å². The Morgan fingerprint density at radius 1 is 0.974 bits per heavy atom. The first-order valence-corrected chi connectivity index (χ1v) is 13.0. The van der Waals surface area contributed by atoms with Crippen molar-refractivity contribution in [2.45, 2.75) is 25.3 Å². The van der Waals surface area contributed by atoms with E-state index in [1.54, 1.807) is 7.11 Å². The Kier molecular flexibility index (Phi) is 6.54. The van der Waals surface area contributed by atoms with Gasteiger partial charge in [-0.25, -0.2) is 0 Å². The van der Waals surface area contributed by atoms with Crippen LogP contribution in [0.2, 0.25) is 0 Å². The van der Waals surface area contributed by atoms with Crippen LogP contribution < -0.4 is 24.3 Å². The van der Waals surface area contributed by atoms with E-state index in [0.717, 1.165) is 40.2 Å². The molecule has 8 heteroatoms. The molecule has 2 amide bonds. The van der Waals surface area contributed by atoms with Gasteiger partial charge in [0.1, 0.15) is 11.5 Å². The standard InChI is InChI=1S/C30H30N2O6/c1-35-26-17-24-19-8-11-32(30(34)22-6-7-25-20(14-22)9-13-37-25)29(24)21-4-2-5-23(15-21)36-12-3-10-31-28(33)18-38-27(26)16-19/h2,4-7,14-17,29H,3,8-13,18H2,1H3,(H,31,33). The van der Waals surface area contributed by atoms with Crippen LogP contribution in [0.15, 0.2) is 54.6 Å². The maximum atomic E-state index is 14.0. The van der Waals surface area contributed by atoms with Crippen molar-refractivity contribution in [2.75, 3.05) is 40.0 Å². The van der Waals surface area contributed by atoms with E-state index < -0.39 is 0 Å². The van der Waals surface area contributed by atoms with Crippen molar-refractivity contribution in [3.05, 3.63) is 82.4 Å². The van der Waals surface area contributed by atoms with E-state index in [0.29, 0.717) is 56.2 Å². The number of methoxy groups -OCH3 is 1. The topological polar surface area (TPSA) is 86.3 Å². The van der Waals surface area contributed by atoms with Crippen LogP contribution in [0.1, 0.15) is 45.1 Å². The molecule has 0 saturated carbocycles. The Hall–Kier alpha value is -4.20. The molecule has 4 heterocycles. The fourth-order valence-electron chi connectivity index (χ4n) is 5.42. The van der Waals surface area contributed by atoms with Crippen LogP contribution in [0.25, 0.3) is 0 Å². The third kappa shape index (κ3) is 4.62. The molecule has 0 saturated heterocycles. The molecule has 1 unspecified atom stereocenters. The van der Waals surface area contributed by atoms with Gasteiger partial charge in [0.15, 0.2) is 18.1 Å². The zero-order valence-corrected chi connectivity index (χ0v) is 21.3. The molecule has 196 valence electrons.